The van der Waals surface area contributed by atoms with Gasteiger partial charge in [-0.25, -0.2) is 0 Å². The maximum Gasteiger partial charge on any atom is 0.319 e. The molecule has 1 aromatic rings. The molecule has 0 aromatic heterocycles. The summed E-state index contributed by atoms with van der Waals surface area (Å²) >= 11 is 0. The first-order valence-corrected chi connectivity index (χ1v) is 8.08. The van der Waals surface area contributed by atoms with Crippen LogP contribution in [0.25, 0.3) is 5.70 Å². The highest BCUT2D eigenvalue weighted by Crippen LogP contribution is 2.56. The largest absolute Gasteiger partial charge is 0.393 e. The molecule has 2 fully saturated rings. The van der Waals surface area contributed by atoms with E-state index in [4.69, 9.17) is 4.74 Å². The van der Waals surface area contributed by atoms with Gasteiger partial charge in [0, 0.05) is 17.7 Å². The van der Waals surface area contributed by atoms with Crippen molar-refractivity contribution in [1.29, 1.82) is 0 Å². The molecule has 0 unspecified atom stereocenters. The maximum absolute atomic E-state index is 12.9. The van der Waals surface area contributed by atoms with E-state index < -0.39 is 29.3 Å². The Balaban J connectivity index is 1.69. The van der Waals surface area contributed by atoms with Gasteiger partial charge < -0.3 is 9.64 Å². The van der Waals surface area contributed by atoms with Crippen molar-refractivity contribution in [2.75, 3.05) is 0 Å². The van der Waals surface area contributed by atoms with Crippen LogP contribution >= 0.6 is 0 Å². The fourth-order valence-electron chi connectivity index (χ4n) is 4.84. The highest BCUT2D eigenvalue weighted by atomic mass is 16.6. The number of carbonyl (C=O) groups is 3. The van der Waals surface area contributed by atoms with Gasteiger partial charge in [-0.15, -0.1) is 0 Å². The Morgan fingerprint density at radius 3 is 2.46 bits per heavy atom. The Labute approximate surface area is 138 Å². The average Bonchev–Trinajstić information content (AvgIpc) is 3.05. The molecule has 5 nitrogen and oxygen atoms in total. The molecule has 120 valence electrons. The smallest absolute Gasteiger partial charge is 0.319 e. The van der Waals surface area contributed by atoms with Gasteiger partial charge in [-0.1, -0.05) is 42.5 Å². The van der Waals surface area contributed by atoms with Crippen molar-refractivity contribution in [1.82, 2.24) is 4.90 Å². The van der Waals surface area contributed by atoms with Gasteiger partial charge in [-0.05, 0) is 12.5 Å². The van der Waals surface area contributed by atoms with Gasteiger partial charge >= 0.3 is 11.9 Å². The first-order valence-electron chi connectivity index (χ1n) is 8.08. The van der Waals surface area contributed by atoms with Gasteiger partial charge in [0.25, 0.3) is 0 Å². The Bertz CT molecular complexity index is 855. The molecule has 5 aliphatic rings. The van der Waals surface area contributed by atoms with Crippen molar-refractivity contribution in [3.05, 3.63) is 54.1 Å². The molecule has 5 atom stereocenters. The first kappa shape index (κ1) is 13.7. The molecule has 0 saturated carbocycles. The molecule has 6 rings (SSSR count). The van der Waals surface area contributed by atoms with Gasteiger partial charge in [-0.2, -0.15) is 0 Å². The lowest BCUT2D eigenvalue weighted by atomic mass is 9.60. The van der Waals surface area contributed by atoms with Crippen molar-refractivity contribution in [2.24, 2.45) is 17.8 Å². The minimum atomic E-state index is -0.838. The summed E-state index contributed by atoms with van der Waals surface area (Å²) < 4.78 is 4.90. The zero-order valence-electron chi connectivity index (χ0n) is 13.0. The van der Waals surface area contributed by atoms with Crippen LogP contribution < -0.4 is 0 Å². The molecular weight excluding hydrogens is 306 g/mol. The molecule has 0 N–H and O–H groups in total. The number of esters is 2. The monoisotopic (exact) mass is 321 g/mol. The molecule has 5 heteroatoms. The van der Waals surface area contributed by atoms with E-state index in [1.54, 1.807) is 6.08 Å². The van der Waals surface area contributed by atoms with Crippen molar-refractivity contribution < 1.29 is 19.1 Å². The minimum Gasteiger partial charge on any atom is -0.393 e. The normalized spacial score (nSPS) is 39.0. The Kier molecular flexibility index (Phi) is 2.42. The number of cyclic esters (lactones) is 2. The maximum atomic E-state index is 12.9. The molecule has 0 amide bonds. The molecule has 4 aliphatic heterocycles. The predicted octanol–water partition coefficient (Wildman–Crippen LogP) is 1.55. The van der Waals surface area contributed by atoms with Crippen LogP contribution in [0.1, 0.15) is 12.5 Å². The van der Waals surface area contributed by atoms with E-state index in [9.17, 15) is 14.4 Å². The van der Waals surface area contributed by atoms with Crippen LogP contribution in [0.15, 0.2) is 48.6 Å². The van der Waals surface area contributed by atoms with E-state index in [2.05, 4.69) is 0 Å². The van der Waals surface area contributed by atoms with Crippen LogP contribution in [-0.4, -0.2) is 34.2 Å². The zero-order valence-corrected chi connectivity index (χ0v) is 13.0. The number of benzene rings is 1. The van der Waals surface area contributed by atoms with E-state index in [0.29, 0.717) is 0 Å². The molecule has 2 saturated heterocycles. The number of hydrogen-bond donors (Lipinski definition) is 0. The number of carbonyl (C=O) groups excluding carboxylic acids is 3. The topological polar surface area (TPSA) is 63.7 Å². The Morgan fingerprint density at radius 2 is 1.71 bits per heavy atom. The predicted molar refractivity (Wildman–Crippen MR) is 84.2 cm³/mol. The third kappa shape index (κ3) is 1.39. The second kappa shape index (κ2) is 4.23. The van der Waals surface area contributed by atoms with E-state index in [-0.39, 0.29) is 17.7 Å². The number of nitrogens with zero attached hydrogens (tertiary/aromatic N) is 1. The average molecular weight is 321 g/mol. The SMILES string of the molecule is C[C@@]12C(=O)C=C(c3ccccc3)N1[C@H]1C=C[C@@H]2[C@@H]2C(=O)OC(=O)[C@@H]21. The summed E-state index contributed by atoms with van der Waals surface area (Å²) in [6.07, 6.45) is 5.52. The van der Waals surface area contributed by atoms with Gasteiger partial charge in [0.1, 0.15) is 5.54 Å². The summed E-state index contributed by atoms with van der Waals surface area (Å²) in [7, 11) is 0. The standard InChI is InChI=1S/C19H15NO4/c1-19-11-7-8-12(16-15(11)17(22)24-18(16)23)20(19)13(9-14(19)21)10-5-3-2-4-6-10/h2-9,11-12,15-16H,1H3/t11-,12+,15+,16-,19-/m1/s1. The zero-order chi connectivity index (χ0) is 16.6. The molecule has 1 aromatic carbocycles. The van der Waals surface area contributed by atoms with E-state index in [1.165, 1.54) is 0 Å². The molecule has 4 heterocycles. The Morgan fingerprint density at radius 1 is 1.00 bits per heavy atom. The summed E-state index contributed by atoms with van der Waals surface area (Å²) in [5, 5.41) is 0. The third-order valence-electron chi connectivity index (χ3n) is 5.95. The summed E-state index contributed by atoms with van der Waals surface area (Å²) in [6, 6.07) is 9.33. The van der Waals surface area contributed by atoms with Crippen molar-refractivity contribution in [3.63, 3.8) is 0 Å². The van der Waals surface area contributed by atoms with Gasteiger partial charge in [-0.3, -0.25) is 14.4 Å². The van der Waals surface area contributed by atoms with Crippen molar-refractivity contribution >= 4 is 23.4 Å². The Hall–Kier alpha value is -2.69. The van der Waals surface area contributed by atoms with E-state index >= 15 is 0 Å². The molecule has 2 bridgehead atoms. The summed E-state index contributed by atoms with van der Waals surface area (Å²) in [4.78, 5) is 39.3. The number of rotatable bonds is 1. The first-order chi connectivity index (χ1) is 11.5. The van der Waals surface area contributed by atoms with Gasteiger partial charge in [0.15, 0.2) is 5.78 Å². The van der Waals surface area contributed by atoms with Crippen LogP contribution in [0.3, 0.4) is 0 Å². The van der Waals surface area contributed by atoms with Crippen LogP contribution in [-0.2, 0) is 19.1 Å². The molecule has 1 aliphatic carbocycles. The number of piperidine rings is 1. The lowest BCUT2D eigenvalue weighted by Gasteiger charge is -2.56. The third-order valence-corrected chi connectivity index (χ3v) is 5.95. The van der Waals surface area contributed by atoms with Crippen LogP contribution in [0.4, 0.5) is 0 Å². The van der Waals surface area contributed by atoms with Gasteiger partial charge in [0.2, 0.25) is 0 Å². The molecular formula is C19H15NO4. The highest BCUT2D eigenvalue weighted by Gasteiger charge is 2.68. The van der Waals surface area contributed by atoms with Crippen LogP contribution in [0.5, 0.6) is 0 Å². The summed E-state index contributed by atoms with van der Waals surface area (Å²) in [5.74, 6) is -2.42. The fraction of sp³-hybridized carbons (Fsp3) is 0.316. The van der Waals surface area contributed by atoms with E-state index in [1.807, 2.05) is 54.3 Å². The van der Waals surface area contributed by atoms with Gasteiger partial charge in [0.05, 0.1) is 17.9 Å². The second-order valence-corrected chi connectivity index (χ2v) is 6.97. The lowest BCUT2D eigenvalue weighted by molar-refractivity contribution is -0.153. The highest BCUT2D eigenvalue weighted by molar-refractivity contribution is 6.10. The quantitative estimate of drug-likeness (QED) is 0.446. The molecule has 24 heavy (non-hydrogen) atoms. The van der Waals surface area contributed by atoms with Crippen molar-refractivity contribution in [2.45, 2.75) is 18.5 Å². The lowest BCUT2D eigenvalue weighted by Crippen LogP contribution is -2.67. The van der Waals surface area contributed by atoms with Crippen LogP contribution in [0.2, 0.25) is 0 Å². The number of hydrogen-bond acceptors (Lipinski definition) is 5. The number of ketones is 1. The molecule has 0 radical (unpaired) electrons. The summed E-state index contributed by atoms with van der Waals surface area (Å²) in [6.45, 7) is 1.87. The van der Waals surface area contributed by atoms with E-state index in [0.717, 1.165) is 11.3 Å². The van der Waals surface area contributed by atoms with Crippen molar-refractivity contribution in [3.8, 4) is 0 Å². The minimum absolute atomic E-state index is 0.0219. The number of ether oxygens (including phenoxy) is 1. The molecule has 0 spiro atoms. The fourth-order valence-corrected chi connectivity index (χ4v) is 4.84. The van der Waals surface area contributed by atoms with Crippen LogP contribution in [0, 0.1) is 17.8 Å². The summed E-state index contributed by atoms with van der Waals surface area (Å²) in [5.41, 5.74) is 0.910. The second-order valence-electron chi connectivity index (χ2n) is 6.97.